The van der Waals surface area contributed by atoms with Crippen LogP contribution in [0.3, 0.4) is 0 Å². The molecule has 10 heteroatoms. The summed E-state index contributed by atoms with van der Waals surface area (Å²) < 4.78 is 40.3. The number of hydrogen-bond acceptors (Lipinski definition) is 6. The average molecular weight is 459 g/mol. The van der Waals surface area contributed by atoms with Crippen LogP contribution < -0.4 is 4.90 Å². The van der Waals surface area contributed by atoms with E-state index in [2.05, 4.69) is 9.97 Å². The van der Waals surface area contributed by atoms with Gasteiger partial charge in [-0.2, -0.15) is 18.4 Å². The zero-order valence-corrected chi connectivity index (χ0v) is 18.1. The number of carbonyl (C=O) groups excluding carboxylic acids is 1. The van der Waals surface area contributed by atoms with Gasteiger partial charge in [0.15, 0.2) is 0 Å². The molecule has 1 unspecified atom stereocenters. The quantitative estimate of drug-likeness (QED) is 0.759. The highest BCUT2D eigenvalue weighted by Crippen LogP contribution is 2.46. The molecule has 33 heavy (non-hydrogen) atoms. The summed E-state index contributed by atoms with van der Waals surface area (Å²) in [6.45, 7) is 3.54. The number of halogens is 3. The van der Waals surface area contributed by atoms with Gasteiger partial charge >= 0.3 is 6.18 Å². The first kappa shape index (κ1) is 23.0. The van der Waals surface area contributed by atoms with Crippen molar-refractivity contribution >= 4 is 11.6 Å². The van der Waals surface area contributed by atoms with Gasteiger partial charge in [0.05, 0.1) is 29.1 Å². The summed E-state index contributed by atoms with van der Waals surface area (Å²) in [7, 11) is 0. The van der Waals surface area contributed by atoms with Crippen molar-refractivity contribution in [3.8, 4) is 6.07 Å². The third kappa shape index (κ3) is 4.37. The normalized spacial score (nSPS) is 20.2. The number of amides is 1. The molecule has 2 aromatic rings. The summed E-state index contributed by atoms with van der Waals surface area (Å²) in [5, 5.41) is 19.1. The van der Waals surface area contributed by atoms with Gasteiger partial charge in [-0.3, -0.25) is 9.78 Å². The Kier molecular flexibility index (Phi) is 6.01. The molecule has 4 rings (SSSR count). The molecular weight excluding hydrogens is 435 g/mol. The molecule has 0 bridgehead atoms. The Labute approximate surface area is 189 Å². The van der Waals surface area contributed by atoms with Crippen LogP contribution >= 0.6 is 0 Å². The van der Waals surface area contributed by atoms with E-state index in [0.29, 0.717) is 44.7 Å². The number of aliphatic hydroxyl groups is 1. The van der Waals surface area contributed by atoms with Gasteiger partial charge < -0.3 is 14.9 Å². The van der Waals surface area contributed by atoms with Gasteiger partial charge in [0.2, 0.25) is 0 Å². The third-order valence-electron chi connectivity index (χ3n) is 6.87. The summed E-state index contributed by atoms with van der Waals surface area (Å²) in [6, 6.07) is 5.34. The number of aromatic nitrogens is 2. The highest BCUT2D eigenvalue weighted by Gasteiger charge is 2.48. The molecular formula is C23H24F3N5O2. The van der Waals surface area contributed by atoms with E-state index in [1.165, 1.54) is 18.3 Å². The van der Waals surface area contributed by atoms with Crippen LogP contribution in [0.1, 0.15) is 40.2 Å². The molecule has 1 aromatic heterocycles. The topological polar surface area (TPSA) is 93.4 Å². The molecule has 2 aliphatic rings. The lowest BCUT2D eigenvalue weighted by Gasteiger charge is -2.42. The van der Waals surface area contributed by atoms with Crippen LogP contribution in [0.15, 0.2) is 30.6 Å². The second-order valence-corrected chi connectivity index (χ2v) is 8.80. The highest BCUT2D eigenvalue weighted by molar-refractivity contribution is 5.92. The first-order valence-electron chi connectivity index (χ1n) is 10.7. The minimum absolute atomic E-state index is 0.0870. The van der Waals surface area contributed by atoms with Crippen LogP contribution in [0.4, 0.5) is 18.9 Å². The average Bonchev–Trinajstić information content (AvgIpc) is 3.16. The maximum absolute atomic E-state index is 13.4. The number of likely N-dealkylation sites (tertiary alicyclic amines) is 1. The van der Waals surface area contributed by atoms with Gasteiger partial charge in [-0.25, -0.2) is 4.98 Å². The Morgan fingerprint density at radius 3 is 2.58 bits per heavy atom. The number of piperidine rings is 1. The molecule has 0 aliphatic carbocycles. The summed E-state index contributed by atoms with van der Waals surface area (Å²) in [4.78, 5) is 24.6. The second-order valence-electron chi connectivity index (χ2n) is 8.80. The molecule has 2 saturated heterocycles. The van der Waals surface area contributed by atoms with Crippen molar-refractivity contribution < 1.29 is 23.1 Å². The van der Waals surface area contributed by atoms with Crippen molar-refractivity contribution in [1.29, 1.82) is 5.26 Å². The molecule has 0 radical (unpaired) electrons. The smallest absolute Gasteiger partial charge is 0.396 e. The molecule has 1 aromatic carbocycles. The molecule has 1 atom stereocenters. The lowest BCUT2D eigenvalue weighted by atomic mass is 9.71. The van der Waals surface area contributed by atoms with Gasteiger partial charge in [-0.15, -0.1) is 0 Å². The van der Waals surface area contributed by atoms with Crippen LogP contribution in [0.25, 0.3) is 0 Å². The summed E-state index contributed by atoms with van der Waals surface area (Å²) in [6.07, 6.45) is -0.370. The van der Waals surface area contributed by atoms with Crippen molar-refractivity contribution in [3.05, 3.63) is 53.1 Å². The number of carbonyl (C=O) groups is 1. The lowest BCUT2D eigenvalue weighted by molar-refractivity contribution is -0.137. The first-order valence-corrected chi connectivity index (χ1v) is 10.7. The predicted molar refractivity (Wildman–Crippen MR) is 113 cm³/mol. The van der Waals surface area contributed by atoms with Crippen LogP contribution in [0.2, 0.25) is 0 Å². The monoisotopic (exact) mass is 459 g/mol. The number of rotatable bonds is 3. The van der Waals surface area contributed by atoms with Crippen LogP contribution in [0.5, 0.6) is 0 Å². The van der Waals surface area contributed by atoms with E-state index in [9.17, 15) is 23.1 Å². The van der Waals surface area contributed by atoms with E-state index in [4.69, 9.17) is 5.26 Å². The van der Waals surface area contributed by atoms with Crippen molar-refractivity contribution in [2.45, 2.75) is 25.9 Å². The summed E-state index contributed by atoms with van der Waals surface area (Å²) in [5.74, 6) is -0.325. The van der Waals surface area contributed by atoms with Gasteiger partial charge in [-0.1, -0.05) is 0 Å². The van der Waals surface area contributed by atoms with Gasteiger partial charge in [0.25, 0.3) is 5.91 Å². The van der Waals surface area contributed by atoms with Crippen molar-refractivity contribution in [2.24, 2.45) is 11.3 Å². The number of hydrogen-bond donors (Lipinski definition) is 1. The maximum Gasteiger partial charge on any atom is 0.417 e. The highest BCUT2D eigenvalue weighted by atomic mass is 19.4. The minimum atomic E-state index is -4.63. The lowest BCUT2D eigenvalue weighted by Crippen LogP contribution is -2.47. The zero-order valence-electron chi connectivity index (χ0n) is 18.1. The number of anilines is 1. The fraction of sp³-hybridized carbons (Fsp3) is 0.478. The second kappa shape index (κ2) is 8.63. The summed E-state index contributed by atoms with van der Waals surface area (Å²) >= 11 is 0. The molecule has 2 aliphatic heterocycles. The number of alkyl halides is 3. The van der Waals surface area contributed by atoms with E-state index >= 15 is 0 Å². The maximum atomic E-state index is 13.4. The van der Waals surface area contributed by atoms with Crippen molar-refractivity contribution in [2.75, 3.05) is 37.7 Å². The SMILES string of the molecule is Cc1cnc(C(=O)N2CCC3(CC2)CN(c2ccc(C#N)c(C(F)(F)F)c2)CC3CO)cn1. The van der Waals surface area contributed by atoms with Crippen LogP contribution in [0, 0.1) is 29.6 Å². The largest absolute Gasteiger partial charge is 0.417 e. The van der Waals surface area contributed by atoms with Gasteiger partial charge in [-0.05, 0) is 43.4 Å². The Hall–Kier alpha value is -3.19. The fourth-order valence-corrected chi connectivity index (χ4v) is 4.93. The predicted octanol–water partition coefficient (Wildman–Crippen LogP) is 3.03. The van der Waals surface area contributed by atoms with E-state index in [-0.39, 0.29) is 29.5 Å². The standard InChI is InChI=1S/C23H24F3N5O2/c1-15-10-29-20(11-28-15)21(33)30-6-4-22(5-7-30)14-31(12-17(22)13-32)18-3-2-16(9-27)19(8-18)23(24,25)26/h2-3,8,10-11,17,32H,4-7,12-14H2,1H3. The van der Waals surface area contributed by atoms with Crippen molar-refractivity contribution in [3.63, 3.8) is 0 Å². The van der Waals surface area contributed by atoms with Crippen LogP contribution in [-0.4, -0.2) is 58.7 Å². The molecule has 174 valence electrons. The Morgan fingerprint density at radius 2 is 2.00 bits per heavy atom. The number of aryl methyl sites for hydroxylation is 1. The first-order chi connectivity index (χ1) is 15.7. The molecule has 3 heterocycles. The Balaban J connectivity index is 1.51. The minimum Gasteiger partial charge on any atom is -0.396 e. The number of nitrogens with zero attached hydrogens (tertiary/aromatic N) is 5. The molecule has 1 amide bonds. The van der Waals surface area contributed by atoms with Gasteiger partial charge in [0, 0.05) is 50.6 Å². The number of benzene rings is 1. The van der Waals surface area contributed by atoms with E-state index in [1.807, 2.05) is 4.90 Å². The molecule has 0 saturated carbocycles. The number of aliphatic hydroxyl groups excluding tert-OH is 1. The Bertz CT molecular complexity index is 1070. The number of nitriles is 1. The zero-order chi connectivity index (χ0) is 23.8. The van der Waals surface area contributed by atoms with Crippen molar-refractivity contribution in [1.82, 2.24) is 14.9 Å². The molecule has 2 fully saturated rings. The summed E-state index contributed by atoms with van der Waals surface area (Å²) in [5.41, 5.74) is -0.298. The van der Waals surface area contributed by atoms with E-state index < -0.39 is 17.3 Å². The Morgan fingerprint density at radius 1 is 1.27 bits per heavy atom. The third-order valence-corrected chi connectivity index (χ3v) is 6.87. The fourth-order valence-electron chi connectivity index (χ4n) is 4.93. The molecule has 1 spiro atoms. The molecule has 1 N–H and O–H groups in total. The van der Waals surface area contributed by atoms with E-state index in [0.717, 1.165) is 11.8 Å². The van der Waals surface area contributed by atoms with Crippen LogP contribution in [-0.2, 0) is 6.18 Å². The van der Waals surface area contributed by atoms with E-state index in [1.54, 1.807) is 24.1 Å². The molecule has 7 nitrogen and oxygen atoms in total. The van der Waals surface area contributed by atoms with Gasteiger partial charge in [0.1, 0.15) is 5.69 Å².